The maximum Gasteiger partial charge on any atom is 0.193 e. The lowest BCUT2D eigenvalue weighted by atomic mass is 9.92. The highest BCUT2D eigenvalue weighted by Gasteiger charge is 2.44. The van der Waals surface area contributed by atoms with Crippen molar-refractivity contribution in [2.24, 2.45) is 0 Å². The fraction of sp³-hybridized carbons (Fsp3) is 0.421. The van der Waals surface area contributed by atoms with Crippen LogP contribution in [0.4, 0.5) is 4.39 Å². The van der Waals surface area contributed by atoms with Crippen molar-refractivity contribution >= 4 is 15.6 Å². The van der Waals surface area contributed by atoms with Gasteiger partial charge in [-0.1, -0.05) is 25.9 Å². The van der Waals surface area contributed by atoms with Gasteiger partial charge in [0.25, 0.3) is 0 Å². The van der Waals surface area contributed by atoms with Gasteiger partial charge in [-0.3, -0.25) is 4.79 Å². The summed E-state index contributed by atoms with van der Waals surface area (Å²) in [5.74, 6) is -1.13. The minimum atomic E-state index is -4.33. The van der Waals surface area contributed by atoms with Crippen molar-refractivity contribution in [3.8, 4) is 6.07 Å². The molecule has 0 radical (unpaired) electrons. The van der Waals surface area contributed by atoms with Crippen LogP contribution < -0.4 is 0 Å². The van der Waals surface area contributed by atoms with Crippen molar-refractivity contribution < 1.29 is 22.1 Å². The number of hydrogen-bond acceptors (Lipinski definition) is 6. The van der Waals surface area contributed by atoms with E-state index in [-0.39, 0.29) is 17.4 Å². The fourth-order valence-corrected chi connectivity index (χ4v) is 3.82. The summed E-state index contributed by atoms with van der Waals surface area (Å²) >= 11 is 0. The van der Waals surface area contributed by atoms with E-state index in [9.17, 15) is 17.6 Å². The van der Waals surface area contributed by atoms with Crippen molar-refractivity contribution in [3.63, 3.8) is 0 Å². The first-order valence-corrected chi connectivity index (χ1v) is 9.72. The Morgan fingerprint density at radius 2 is 1.85 bits per heavy atom. The van der Waals surface area contributed by atoms with E-state index in [1.807, 2.05) is 20.8 Å². The first-order valence-electron chi connectivity index (χ1n) is 8.24. The van der Waals surface area contributed by atoms with Crippen LogP contribution in [0, 0.1) is 17.1 Å². The monoisotopic (exact) mass is 392 g/mol. The van der Waals surface area contributed by atoms with E-state index in [0.29, 0.717) is 11.5 Å². The molecule has 0 amide bonds. The minimum Gasteiger partial charge on any atom is -0.361 e. The van der Waals surface area contributed by atoms with Crippen LogP contribution in [0.5, 0.6) is 0 Å². The Morgan fingerprint density at radius 3 is 2.33 bits per heavy atom. The first-order chi connectivity index (χ1) is 12.3. The zero-order valence-electron chi connectivity index (χ0n) is 15.8. The molecule has 0 atom stereocenters. The standard InChI is InChI=1S/C19H21FN2O4S/c1-18(2,3)17-10-13(22-26-17)9-16(23)19(4,5)27(24,25)15-7-6-12(11-21)8-14(15)20/h6-8,10H,9H2,1-5H3. The van der Waals surface area contributed by atoms with Crippen LogP contribution in [-0.4, -0.2) is 24.1 Å². The van der Waals surface area contributed by atoms with Crippen LogP contribution in [0.3, 0.4) is 0 Å². The lowest BCUT2D eigenvalue weighted by Crippen LogP contribution is -2.42. The topological polar surface area (TPSA) is 101 Å². The van der Waals surface area contributed by atoms with E-state index >= 15 is 0 Å². The smallest absolute Gasteiger partial charge is 0.193 e. The summed E-state index contributed by atoms with van der Waals surface area (Å²) in [6, 6.07) is 6.39. The molecule has 1 aromatic heterocycles. The number of nitriles is 1. The Bertz CT molecular complexity index is 1020. The maximum absolute atomic E-state index is 14.2. The molecule has 2 rings (SSSR count). The highest BCUT2D eigenvalue weighted by atomic mass is 32.2. The molecule has 6 nitrogen and oxygen atoms in total. The van der Waals surface area contributed by atoms with E-state index in [2.05, 4.69) is 5.16 Å². The second kappa shape index (κ2) is 6.89. The van der Waals surface area contributed by atoms with Gasteiger partial charge in [-0.15, -0.1) is 0 Å². The van der Waals surface area contributed by atoms with Gasteiger partial charge in [-0.05, 0) is 32.0 Å². The van der Waals surface area contributed by atoms with Gasteiger partial charge in [0.15, 0.2) is 15.6 Å². The molecule has 0 fully saturated rings. The molecule has 27 heavy (non-hydrogen) atoms. The van der Waals surface area contributed by atoms with Crippen LogP contribution in [0.25, 0.3) is 0 Å². The summed E-state index contributed by atoms with van der Waals surface area (Å²) in [5.41, 5.74) is 0.00278. The molecule has 0 unspecified atom stereocenters. The third kappa shape index (κ3) is 3.93. The summed E-state index contributed by atoms with van der Waals surface area (Å²) in [7, 11) is -4.33. The number of Topliss-reactive ketones (excluding diaryl/α,β-unsaturated/α-hetero) is 1. The third-order valence-electron chi connectivity index (χ3n) is 4.33. The van der Waals surface area contributed by atoms with E-state index < -0.39 is 31.1 Å². The molecule has 8 heteroatoms. The lowest BCUT2D eigenvalue weighted by Gasteiger charge is -2.23. The van der Waals surface area contributed by atoms with Gasteiger partial charge in [0.1, 0.15) is 21.2 Å². The first kappa shape index (κ1) is 20.8. The number of carbonyl (C=O) groups is 1. The Labute approximate surface area is 157 Å². The highest BCUT2D eigenvalue weighted by molar-refractivity contribution is 7.93. The summed E-state index contributed by atoms with van der Waals surface area (Å²) in [4.78, 5) is 12.1. The number of hydrogen-bond donors (Lipinski definition) is 0. The zero-order valence-corrected chi connectivity index (χ0v) is 16.6. The van der Waals surface area contributed by atoms with Gasteiger partial charge < -0.3 is 4.52 Å². The Hall–Kier alpha value is -2.53. The van der Waals surface area contributed by atoms with E-state index in [1.54, 1.807) is 12.1 Å². The second-order valence-electron chi connectivity index (χ2n) is 7.80. The largest absolute Gasteiger partial charge is 0.361 e. The molecule has 1 aromatic carbocycles. The maximum atomic E-state index is 14.2. The average Bonchev–Trinajstić information content (AvgIpc) is 3.02. The van der Waals surface area contributed by atoms with Gasteiger partial charge >= 0.3 is 0 Å². The van der Waals surface area contributed by atoms with Crippen LogP contribution in [0.2, 0.25) is 0 Å². The zero-order chi connectivity index (χ0) is 20.6. The molecule has 144 valence electrons. The molecular formula is C19H21FN2O4S. The predicted molar refractivity (Wildman–Crippen MR) is 96.3 cm³/mol. The summed E-state index contributed by atoms with van der Waals surface area (Å²) < 4.78 is 43.3. The fourth-order valence-electron chi connectivity index (χ4n) is 2.34. The van der Waals surface area contributed by atoms with E-state index in [1.165, 1.54) is 19.9 Å². The van der Waals surface area contributed by atoms with Gasteiger partial charge in [-0.2, -0.15) is 5.26 Å². The molecule has 0 aliphatic carbocycles. The molecule has 0 spiro atoms. The molecule has 0 aliphatic rings. The summed E-state index contributed by atoms with van der Waals surface area (Å²) in [5, 5.41) is 12.6. The Kier molecular flexibility index (Phi) is 5.30. The SMILES string of the molecule is CC(C)(C)c1cc(CC(=O)C(C)(C)S(=O)(=O)c2ccc(C#N)cc2F)no1. The summed E-state index contributed by atoms with van der Waals surface area (Å²) in [6.07, 6.45) is -0.260. The molecule has 0 aliphatic heterocycles. The van der Waals surface area contributed by atoms with Crippen molar-refractivity contribution in [2.75, 3.05) is 0 Å². The molecule has 0 saturated carbocycles. The molecular weight excluding hydrogens is 371 g/mol. The molecule has 0 bridgehead atoms. The molecule has 0 N–H and O–H groups in total. The van der Waals surface area contributed by atoms with E-state index in [4.69, 9.17) is 9.78 Å². The van der Waals surface area contributed by atoms with Crippen molar-refractivity contribution in [3.05, 3.63) is 47.1 Å². The normalized spacial score (nSPS) is 12.6. The second-order valence-corrected chi connectivity index (χ2v) is 10.3. The average molecular weight is 392 g/mol. The van der Waals surface area contributed by atoms with Crippen molar-refractivity contribution in [1.29, 1.82) is 5.26 Å². The van der Waals surface area contributed by atoms with Crippen LogP contribution in [0.15, 0.2) is 33.7 Å². The highest BCUT2D eigenvalue weighted by Crippen LogP contribution is 2.30. The van der Waals surface area contributed by atoms with Crippen molar-refractivity contribution in [1.82, 2.24) is 5.16 Å². The Balaban J connectivity index is 2.34. The number of sulfone groups is 1. The third-order valence-corrected chi connectivity index (χ3v) is 6.82. The van der Waals surface area contributed by atoms with Gasteiger partial charge in [0.05, 0.1) is 23.7 Å². The van der Waals surface area contributed by atoms with Crippen LogP contribution in [0.1, 0.15) is 51.6 Å². The number of carbonyl (C=O) groups excluding carboxylic acids is 1. The van der Waals surface area contributed by atoms with Crippen LogP contribution >= 0.6 is 0 Å². The number of benzene rings is 1. The van der Waals surface area contributed by atoms with E-state index in [0.717, 1.165) is 12.1 Å². The predicted octanol–water partition coefficient (Wildman–Crippen LogP) is 3.35. The lowest BCUT2D eigenvalue weighted by molar-refractivity contribution is -0.120. The Morgan fingerprint density at radius 1 is 1.22 bits per heavy atom. The quantitative estimate of drug-likeness (QED) is 0.773. The van der Waals surface area contributed by atoms with Gasteiger partial charge in [0, 0.05) is 11.5 Å². The van der Waals surface area contributed by atoms with Crippen LogP contribution in [-0.2, 0) is 26.5 Å². The number of rotatable bonds is 5. The number of nitrogens with zero attached hydrogens (tertiary/aromatic N) is 2. The molecule has 2 aromatic rings. The molecule has 1 heterocycles. The number of aromatic nitrogens is 1. The van der Waals surface area contributed by atoms with Crippen molar-refractivity contribution in [2.45, 2.75) is 56.1 Å². The van der Waals surface area contributed by atoms with Gasteiger partial charge in [-0.25, -0.2) is 12.8 Å². The minimum absolute atomic E-state index is 0.00658. The number of halogens is 1. The number of ketones is 1. The molecule has 0 saturated heterocycles. The summed E-state index contributed by atoms with van der Waals surface area (Å²) in [6.45, 7) is 8.21. The van der Waals surface area contributed by atoms with Gasteiger partial charge in [0.2, 0.25) is 0 Å².